The van der Waals surface area contributed by atoms with E-state index < -0.39 is 0 Å². The van der Waals surface area contributed by atoms with E-state index in [1.54, 1.807) is 17.4 Å². The molecule has 4 heteroatoms. The number of esters is 1. The molecule has 0 aromatic carbocycles. The molecular weight excluding hydrogens is 144 g/mol. The molecule has 0 saturated carbocycles. The lowest BCUT2D eigenvalue weighted by atomic mass is 10.3. The first-order chi connectivity index (χ1) is 5.24. The lowest BCUT2D eigenvalue weighted by molar-refractivity contribution is -0.136. The molecule has 0 bridgehead atoms. The van der Waals surface area contributed by atoms with Crippen LogP contribution in [0.2, 0.25) is 0 Å². The largest absolute Gasteiger partial charge is 0.466 e. The summed E-state index contributed by atoms with van der Waals surface area (Å²) in [4.78, 5) is 16.6. The minimum absolute atomic E-state index is 0.311. The fourth-order valence-corrected chi connectivity index (χ4v) is 0.836. The number of hydrogen-bond acceptors (Lipinski definition) is 4. The van der Waals surface area contributed by atoms with Gasteiger partial charge in [0.25, 0.3) is 0 Å². The summed E-state index contributed by atoms with van der Waals surface area (Å²) in [6, 6.07) is 0. The fraction of sp³-hybridized carbons (Fsp3) is 0.429. The third-order valence-electron chi connectivity index (χ3n) is 1.33. The van der Waals surface area contributed by atoms with Gasteiger partial charge in [-0.3, -0.25) is 4.99 Å². The van der Waals surface area contributed by atoms with E-state index in [0.29, 0.717) is 12.1 Å². The van der Waals surface area contributed by atoms with Gasteiger partial charge in [-0.05, 0) is 0 Å². The molecule has 0 unspecified atom stereocenters. The maximum atomic E-state index is 10.9. The smallest absolute Gasteiger partial charge is 0.337 e. The highest BCUT2D eigenvalue weighted by Gasteiger charge is 2.11. The molecule has 0 fully saturated rings. The van der Waals surface area contributed by atoms with Crippen LogP contribution >= 0.6 is 0 Å². The van der Waals surface area contributed by atoms with Gasteiger partial charge in [0.05, 0.1) is 25.6 Å². The third-order valence-corrected chi connectivity index (χ3v) is 1.33. The maximum Gasteiger partial charge on any atom is 0.337 e. The summed E-state index contributed by atoms with van der Waals surface area (Å²) in [6.45, 7) is 0.414. The summed E-state index contributed by atoms with van der Waals surface area (Å²) >= 11 is 0. The van der Waals surface area contributed by atoms with Gasteiger partial charge in [0.1, 0.15) is 0 Å². The number of rotatable bonds is 1. The fourth-order valence-electron chi connectivity index (χ4n) is 0.836. The summed E-state index contributed by atoms with van der Waals surface area (Å²) in [5.41, 5.74) is 0.581. The van der Waals surface area contributed by atoms with Crippen molar-refractivity contribution in [1.29, 1.82) is 0 Å². The van der Waals surface area contributed by atoms with Crippen LogP contribution in [0, 0.1) is 0 Å². The Labute approximate surface area is 65.2 Å². The molecule has 0 radical (unpaired) electrons. The monoisotopic (exact) mass is 154 g/mol. The van der Waals surface area contributed by atoms with Crippen LogP contribution in [-0.4, -0.2) is 37.9 Å². The van der Waals surface area contributed by atoms with E-state index in [4.69, 9.17) is 0 Å². The van der Waals surface area contributed by atoms with E-state index in [0.717, 1.165) is 0 Å². The molecule has 0 aromatic heterocycles. The van der Waals surface area contributed by atoms with Crippen LogP contribution in [0.3, 0.4) is 0 Å². The lowest BCUT2D eigenvalue weighted by Gasteiger charge is -2.13. The summed E-state index contributed by atoms with van der Waals surface area (Å²) in [5, 5.41) is 0. The van der Waals surface area contributed by atoms with E-state index in [2.05, 4.69) is 9.73 Å². The van der Waals surface area contributed by atoms with Gasteiger partial charge in [0, 0.05) is 13.2 Å². The first-order valence-electron chi connectivity index (χ1n) is 3.25. The Kier molecular flexibility index (Phi) is 2.25. The zero-order valence-corrected chi connectivity index (χ0v) is 6.57. The number of methoxy groups -OCH3 is 1. The van der Waals surface area contributed by atoms with Crippen molar-refractivity contribution in [3.05, 3.63) is 11.8 Å². The van der Waals surface area contributed by atoms with Gasteiger partial charge >= 0.3 is 5.97 Å². The Bertz CT molecular complexity index is 220. The molecule has 0 aliphatic carbocycles. The molecule has 0 saturated heterocycles. The van der Waals surface area contributed by atoms with Crippen molar-refractivity contribution in [2.45, 2.75) is 0 Å². The molecule has 1 aliphatic heterocycles. The third kappa shape index (κ3) is 1.80. The van der Waals surface area contributed by atoms with Crippen molar-refractivity contribution in [1.82, 2.24) is 4.90 Å². The van der Waals surface area contributed by atoms with Crippen LogP contribution in [0.15, 0.2) is 16.8 Å². The van der Waals surface area contributed by atoms with Crippen LogP contribution < -0.4 is 0 Å². The second-order valence-electron chi connectivity index (χ2n) is 2.27. The second-order valence-corrected chi connectivity index (χ2v) is 2.27. The normalized spacial score (nSPS) is 16.2. The SMILES string of the molecule is COC(=O)C1=CN(C)C=NC1. The van der Waals surface area contributed by atoms with Gasteiger partial charge in [-0.2, -0.15) is 0 Å². The molecule has 0 N–H and O–H groups in total. The van der Waals surface area contributed by atoms with Crippen LogP contribution in [0.25, 0.3) is 0 Å². The van der Waals surface area contributed by atoms with Gasteiger partial charge in [-0.25, -0.2) is 4.79 Å². The molecule has 60 valence electrons. The Balaban J connectivity index is 2.66. The van der Waals surface area contributed by atoms with Crippen LogP contribution in [0.4, 0.5) is 0 Å². The molecule has 0 aromatic rings. The number of aliphatic imine (C=N–C) groups is 1. The highest BCUT2D eigenvalue weighted by Crippen LogP contribution is 2.03. The molecule has 1 rings (SSSR count). The average molecular weight is 154 g/mol. The van der Waals surface area contributed by atoms with Gasteiger partial charge in [0.15, 0.2) is 0 Å². The molecular formula is C7H10N2O2. The molecule has 0 amide bonds. The van der Waals surface area contributed by atoms with Crippen LogP contribution in [0.5, 0.6) is 0 Å². The Hall–Kier alpha value is -1.32. The number of ether oxygens (including phenoxy) is 1. The van der Waals surface area contributed by atoms with Crippen molar-refractivity contribution in [2.24, 2.45) is 4.99 Å². The van der Waals surface area contributed by atoms with Crippen molar-refractivity contribution in [3.63, 3.8) is 0 Å². The first kappa shape index (κ1) is 7.78. The highest BCUT2D eigenvalue weighted by molar-refractivity contribution is 5.90. The molecule has 0 spiro atoms. The Morgan fingerprint density at radius 2 is 2.55 bits per heavy atom. The molecule has 1 aliphatic rings. The van der Waals surface area contributed by atoms with Gasteiger partial charge in [-0.15, -0.1) is 0 Å². The molecule has 11 heavy (non-hydrogen) atoms. The molecule has 4 nitrogen and oxygen atoms in total. The molecule has 1 heterocycles. The number of carbonyl (C=O) groups excluding carboxylic acids is 1. The Morgan fingerprint density at radius 1 is 1.82 bits per heavy atom. The lowest BCUT2D eigenvalue weighted by Crippen LogP contribution is -2.19. The average Bonchev–Trinajstić information content (AvgIpc) is 2.03. The number of nitrogens with zero attached hydrogens (tertiary/aromatic N) is 2. The van der Waals surface area contributed by atoms with Crippen molar-refractivity contribution in [2.75, 3.05) is 20.7 Å². The topological polar surface area (TPSA) is 41.9 Å². The van der Waals surface area contributed by atoms with Crippen LogP contribution in [-0.2, 0) is 9.53 Å². The predicted molar refractivity (Wildman–Crippen MR) is 41.2 cm³/mol. The second kappa shape index (κ2) is 3.18. The van der Waals surface area contributed by atoms with Gasteiger partial charge in [-0.1, -0.05) is 0 Å². The summed E-state index contributed by atoms with van der Waals surface area (Å²) in [6.07, 6.45) is 3.37. The van der Waals surface area contributed by atoms with Crippen molar-refractivity contribution in [3.8, 4) is 0 Å². The van der Waals surface area contributed by atoms with Crippen molar-refractivity contribution < 1.29 is 9.53 Å². The predicted octanol–water partition coefficient (Wildman–Crippen LogP) is 0.0170. The summed E-state index contributed by atoms with van der Waals surface area (Å²) < 4.78 is 4.53. The van der Waals surface area contributed by atoms with Crippen molar-refractivity contribution >= 4 is 12.3 Å². The van der Waals surface area contributed by atoms with E-state index in [1.165, 1.54) is 7.11 Å². The number of carbonyl (C=O) groups is 1. The zero-order valence-electron chi connectivity index (χ0n) is 6.57. The van der Waals surface area contributed by atoms with Crippen LogP contribution in [0.1, 0.15) is 0 Å². The quantitative estimate of drug-likeness (QED) is 0.500. The Morgan fingerprint density at radius 3 is 3.09 bits per heavy atom. The van der Waals surface area contributed by atoms with E-state index >= 15 is 0 Å². The zero-order chi connectivity index (χ0) is 8.27. The highest BCUT2D eigenvalue weighted by atomic mass is 16.5. The minimum atomic E-state index is -0.311. The summed E-state index contributed by atoms with van der Waals surface area (Å²) in [7, 11) is 3.17. The van der Waals surface area contributed by atoms with Gasteiger partial charge < -0.3 is 9.64 Å². The maximum absolute atomic E-state index is 10.9. The van der Waals surface area contributed by atoms with E-state index in [9.17, 15) is 4.79 Å². The summed E-state index contributed by atoms with van der Waals surface area (Å²) in [5.74, 6) is -0.311. The molecule has 0 atom stereocenters. The van der Waals surface area contributed by atoms with E-state index in [1.807, 2.05) is 7.05 Å². The standard InChI is InChI=1S/C7H10N2O2/c1-9-4-6(3-8-5-9)7(10)11-2/h4-5H,3H2,1-2H3. The van der Waals surface area contributed by atoms with Gasteiger partial charge in [0.2, 0.25) is 0 Å². The minimum Gasteiger partial charge on any atom is -0.466 e. The van der Waals surface area contributed by atoms with E-state index in [-0.39, 0.29) is 5.97 Å². The number of hydrogen-bond donors (Lipinski definition) is 0. The first-order valence-corrected chi connectivity index (χ1v) is 3.25.